The quantitative estimate of drug-likeness (QED) is 0.395. The molecule has 0 radical (unpaired) electrons. The van der Waals surface area contributed by atoms with Gasteiger partial charge >= 0.3 is 0 Å². The Hall–Kier alpha value is -0.0500. The molecule has 23 heavy (non-hydrogen) atoms. The molecule has 1 saturated heterocycles. The number of aliphatic imine (C=N–C) groups is 1. The predicted octanol–water partition coefficient (Wildman–Crippen LogP) is 2.41. The van der Waals surface area contributed by atoms with Crippen molar-refractivity contribution < 1.29 is 8.42 Å². The Kier molecular flexibility index (Phi) is 5.91. The van der Waals surface area contributed by atoms with Crippen molar-refractivity contribution in [2.45, 2.75) is 56.6 Å². The third-order valence-electron chi connectivity index (χ3n) is 5.82. The fourth-order valence-corrected chi connectivity index (χ4v) is 5.99. The first kappa shape index (κ1) is 19.3. The molecule has 3 fully saturated rings. The van der Waals surface area contributed by atoms with E-state index in [2.05, 4.69) is 22.1 Å². The number of hydrogen-bond acceptors (Lipinski definition) is 3. The molecule has 0 atom stereocenters. The van der Waals surface area contributed by atoms with Crippen molar-refractivity contribution in [3.8, 4) is 0 Å². The first-order valence-corrected chi connectivity index (χ1v) is 10.2. The monoisotopic (exact) mass is 455 g/mol. The number of nitrogens with zero attached hydrogens (tertiary/aromatic N) is 2. The van der Waals surface area contributed by atoms with Crippen LogP contribution in [0.15, 0.2) is 4.99 Å². The Bertz CT molecular complexity index is 552. The lowest BCUT2D eigenvalue weighted by molar-refractivity contribution is 0.273. The van der Waals surface area contributed by atoms with E-state index in [4.69, 9.17) is 0 Å². The highest BCUT2D eigenvalue weighted by Gasteiger charge is 2.49. The second-order valence-corrected chi connectivity index (χ2v) is 10.2. The van der Waals surface area contributed by atoms with Gasteiger partial charge in [0, 0.05) is 26.7 Å². The Balaban J connectivity index is 0.00000192. The lowest BCUT2D eigenvalue weighted by atomic mass is 9.87. The SMILES string of the molecule is CN=C(NCC1(C)CC1)N1CCS(=O)(=O)C2(CCCCC2)C1.I. The number of guanidine groups is 1. The summed E-state index contributed by atoms with van der Waals surface area (Å²) in [5.41, 5.74) is 0.417. The van der Waals surface area contributed by atoms with Crippen LogP contribution in [0.1, 0.15) is 51.9 Å². The number of sulfone groups is 1. The minimum Gasteiger partial charge on any atom is -0.356 e. The van der Waals surface area contributed by atoms with Crippen LogP contribution in [0.2, 0.25) is 0 Å². The smallest absolute Gasteiger partial charge is 0.193 e. The van der Waals surface area contributed by atoms with Gasteiger partial charge in [0.2, 0.25) is 0 Å². The first-order chi connectivity index (χ1) is 10.4. The summed E-state index contributed by atoms with van der Waals surface area (Å²) in [5, 5.41) is 3.47. The van der Waals surface area contributed by atoms with E-state index in [9.17, 15) is 8.42 Å². The third kappa shape index (κ3) is 3.96. The molecule has 5 nitrogen and oxygen atoms in total. The van der Waals surface area contributed by atoms with E-state index < -0.39 is 14.6 Å². The number of nitrogens with one attached hydrogen (secondary N) is 1. The van der Waals surface area contributed by atoms with Crippen LogP contribution in [0, 0.1) is 5.41 Å². The average Bonchev–Trinajstić information content (AvgIpc) is 3.23. The molecular weight excluding hydrogens is 425 g/mol. The summed E-state index contributed by atoms with van der Waals surface area (Å²) in [5.74, 6) is 1.15. The van der Waals surface area contributed by atoms with E-state index in [-0.39, 0.29) is 29.7 Å². The summed E-state index contributed by atoms with van der Waals surface area (Å²) in [6.45, 7) is 4.42. The maximum absolute atomic E-state index is 12.7. The molecule has 134 valence electrons. The molecule has 2 saturated carbocycles. The zero-order valence-electron chi connectivity index (χ0n) is 14.3. The van der Waals surface area contributed by atoms with Gasteiger partial charge in [-0.15, -0.1) is 24.0 Å². The summed E-state index contributed by atoms with van der Waals surface area (Å²) < 4.78 is 24.8. The molecule has 1 aliphatic heterocycles. The van der Waals surface area contributed by atoms with E-state index in [1.165, 1.54) is 19.3 Å². The van der Waals surface area contributed by atoms with Crippen LogP contribution in [-0.2, 0) is 9.84 Å². The molecule has 0 unspecified atom stereocenters. The minimum absolute atomic E-state index is 0. The van der Waals surface area contributed by atoms with Crippen LogP contribution in [0.25, 0.3) is 0 Å². The molecule has 1 spiro atoms. The van der Waals surface area contributed by atoms with Gasteiger partial charge in [-0.3, -0.25) is 4.99 Å². The Labute approximate surface area is 157 Å². The number of rotatable bonds is 2. The van der Waals surface area contributed by atoms with Gasteiger partial charge in [0.1, 0.15) is 0 Å². The molecule has 0 aromatic rings. The van der Waals surface area contributed by atoms with Crippen molar-refractivity contribution in [2.75, 3.05) is 32.4 Å². The summed E-state index contributed by atoms with van der Waals surface area (Å²) in [6, 6.07) is 0. The molecule has 1 heterocycles. The summed E-state index contributed by atoms with van der Waals surface area (Å²) >= 11 is 0. The largest absolute Gasteiger partial charge is 0.356 e. The fourth-order valence-electron chi connectivity index (χ4n) is 3.83. The van der Waals surface area contributed by atoms with Crippen molar-refractivity contribution in [1.82, 2.24) is 10.2 Å². The lowest BCUT2D eigenvalue weighted by Crippen LogP contribution is -2.60. The summed E-state index contributed by atoms with van der Waals surface area (Å²) in [6.07, 6.45) is 7.43. The summed E-state index contributed by atoms with van der Waals surface area (Å²) in [7, 11) is -1.18. The van der Waals surface area contributed by atoms with Crippen molar-refractivity contribution in [3.05, 3.63) is 0 Å². The van der Waals surface area contributed by atoms with E-state index >= 15 is 0 Å². The maximum Gasteiger partial charge on any atom is 0.193 e. The standard InChI is InChI=1S/C16H29N3O2S.HI/c1-15(8-9-15)12-18-14(17-2)19-10-11-22(20,21)16(13-19)6-4-3-5-7-16;/h3-13H2,1-2H3,(H,17,18);1H. The van der Waals surface area contributed by atoms with Crippen molar-refractivity contribution in [2.24, 2.45) is 10.4 Å². The Morgan fingerprint density at radius 2 is 1.83 bits per heavy atom. The van der Waals surface area contributed by atoms with Gasteiger partial charge in [-0.1, -0.05) is 26.2 Å². The zero-order chi connectivity index (χ0) is 15.8. The van der Waals surface area contributed by atoms with Gasteiger partial charge in [0.05, 0.1) is 10.5 Å². The topological polar surface area (TPSA) is 61.8 Å². The third-order valence-corrected chi connectivity index (χ3v) is 8.40. The van der Waals surface area contributed by atoms with Crippen LogP contribution in [0.3, 0.4) is 0 Å². The highest BCUT2D eigenvalue weighted by atomic mass is 127. The molecule has 7 heteroatoms. The first-order valence-electron chi connectivity index (χ1n) is 8.58. The van der Waals surface area contributed by atoms with Gasteiger partial charge in [0.25, 0.3) is 0 Å². The zero-order valence-corrected chi connectivity index (χ0v) is 17.5. The lowest BCUT2D eigenvalue weighted by Gasteiger charge is -2.45. The van der Waals surface area contributed by atoms with E-state index in [0.717, 1.165) is 38.2 Å². The summed E-state index contributed by atoms with van der Waals surface area (Å²) in [4.78, 5) is 6.58. The molecule has 2 aliphatic carbocycles. The van der Waals surface area contributed by atoms with Crippen molar-refractivity contribution in [3.63, 3.8) is 0 Å². The van der Waals surface area contributed by atoms with E-state index in [0.29, 0.717) is 18.5 Å². The molecular formula is C16H30IN3O2S. The molecule has 1 N–H and O–H groups in total. The van der Waals surface area contributed by atoms with E-state index in [1.807, 2.05) is 0 Å². The van der Waals surface area contributed by atoms with Crippen molar-refractivity contribution in [1.29, 1.82) is 0 Å². The highest BCUT2D eigenvalue weighted by molar-refractivity contribution is 14.0. The van der Waals surface area contributed by atoms with Gasteiger partial charge in [-0.2, -0.15) is 0 Å². The molecule has 3 rings (SSSR count). The average molecular weight is 455 g/mol. The van der Waals surface area contributed by atoms with Gasteiger partial charge in [-0.25, -0.2) is 8.42 Å². The number of hydrogen-bond donors (Lipinski definition) is 1. The maximum atomic E-state index is 12.7. The van der Waals surface area contributed by atoms with Crippen LogP contribution < -0.4 is 5.32 Å². The molecule has 0 aromatic carbocycles. The van der Waals surface area contributed by atoms with Crippen LogP contribution in [0.5, 0.6) is 0 Å². The van der Waals surface area contributed by atoms with Crippen LogP contribution in [-0.4, -0.2) is 56.5 Å². The van der Waals surface area contributed by atoms with E-state index in [1.54, 1.807) is 7.05 Å². The van der Waals surface area contributed by atoms with Crippen molar-refractivity contribution >= 4 is 39.8 Å². The molecule has 0 aromatic heterocycles. The second kappa shape index (κ2) is 7.06. The normalized spacial score (nSPS) is 28.1. The molecule has 0 amide bonds. The van der Waals surface area contributed by atoms with Gasteiger partial charge in [0.15, 0.2) is 15.8 Å². The fraction of sp³-hybridized carbons (Fsp3) is 0.938. The molecule has 3 aliphatic rings. The van der Waals surface area contributed by atoms with Gasteiger partial charge in [-0.05, 0) is 31.1 Å². The predicted molar refractivity (Wildman–Crippen MR) is 105 cm³/mol. The second-order valence-electron chi connectivity index (χ2n) is 7.70. The van der Waals surface area contributed by atoms with Crippen LogP contribution in [0.4, 0.5) is 0 Å². The number of halogens is 1. The van der Waals surface area contributed by atoms with Crippen LogP contribution >= 0.6 is 24.0 Å². The van der Waals surface area contributed by atoms with Gasteiger partial charge < -0.3 is 10.2 Å². The highest BCUT2D eigenvalue weighted by Crippen LogP contribution is 2.44. The minimum atomic E-state index is -2.98. The Morgan fingerprint density at radius 3 is 2.39 bits per heavy atom. The Morgan fingerprint density at radius 1 is 1.17 bits per heavy atom. The molecule has 0 bridgehead atoms.